The van der Waals surface area contributed by atoms with E-state index in [2.05, 4.69) is 40.1 Å². The van der Waals surface area contributed by atoms with Crippen molar-refractivity contribution in [2.75, 3.05) is 26.2 Å². The Hall–Kier alpha value is -4.43. The van der Waals surface area contributed by atoms with Crippen LogP contribution in [0, 0.1) is 23.2 Å². The molecule has 172 valence electrons. The van der Waals surface area contributed by atoms with Gasteiger partial charge in [0.15, 0.2) is 5.58 Å². The van der Waals surface area contributed by atoms with Crippen molar-refractivity contribution in [3.63, 3.8) is 0 Å². The van der Waals surface area contributed by atoms with Crippen LogP contribution in [0.1, 0.15) is 22.3 Å². The van der Waals surface area contributed by atoms with Crippen LogP contribution in [0.15, 0.2) is 77.3 Å². The predicted octanol–water partition coefficient (Wildman–Crippen LogP) is 3.23. The lowest BCUT2D eigenvalue weighted by atomic mass is 10.1. The largest absolute Gasteiger partial charge is 0.422 e. The van der Waals surface area contributed by atoms with Gasteiger partial charge in [-0.05, 0) is 47.1 Å². The standard InChI is InChI=1S/C28H23N5O2/c29-19-24-9-2-1-8-23(24)13-12-21-6-5-7-22(18-21)20-32-14-16-33(17-15-32)28(34)30-27-25-10-3-4-11-26(25)35-31-27/h1-11,18H,14-17,20H2,(H,30,31,34)/p+1. The van der Waals surface area contributed by atoms with Crippen LogP contribution in [0.4, 0.5) is 10.6 Å². The molecule has 3 aromatic carbocycles. The first-order chi connectivity index (χ1) is 17.2. The van der Waals surface area contributed by atoms with E-state index in [1.807, 2.05) is 59.5 Å². The van der Waals surface area contributed by atoms with Gasteiger partial charge in [0.25, 0.3) is 5.82 Å². The summed E-state index contributed by atoms with van der Waals surface area (Å²) in [6.07, 6.45) is 0. The molecule has 5 rings (SSSR count). The fraction of sp³-hybridized carbons (Fsp3) is 0.179. The first kappa shape index (κ1) is 22.4. The van der Waals surface area contributed by atoms with Crippen LogP contribution >= 0.6 is 0 Å². The highest BCUT2D eigenvalue weighted by atomic mass is 16.5. The molecule has 1 aliphatic heterocycles. The van der Waals surface area contributed by atoms with Crippen LogP contribution in [0.5, 0.6) is 0 Å². The molecular weight excluding hydrogens is 438 g/mol. The van der Waals surface area contributed by atoms with E-state index in [0.29, 0.717) is 30.1 Å². The smallest absolute Gasteiger partial charge is 0.351 e. The number of para-hydroxylation sites is 1. The number of fused-ring (bicyclic) bond motifs is 1. The topological polar surface area (TPSA) is 90.0 Å². The second-order valence-corrected chi connectivity index (χ2v) is 8.42. The maximum atomic E-state index is 12.8. The Morgan fingerprint density at radius 3 is 2.54 bits per heavy atom. The normalized spacial score (nSPS) is 13.7. The summed E-state index contributed by atoms with van der Waals surface area (Å²) in [6, 6.07) is 25.2. The zero-order chi connectivity index (χ0) is 24.0. The van der Waals surface area contributed by atoms with Crippen LogP contribution in [0.2, 0.25) is 0 Å². The molecule has 2 N–H and O–H groups in total. The molecule has 0 saturated carbocycles. The molecule has 0 aliphatic carbocycles. The van der Waals surface area contributed by atoms with Crippen LogP contribution < -0.4 is 5.32 Å². The van der Waals surface area contributed by atoms with Gasteiger partial charge in [-0.15, -0.1) is 0 Å². The summed E-state index contributed by atoms with van der Waals surface area (Å²) >= 11 is 0. The van der Waals surface area contributed by atoms with Gasteiger partial charge in [0.1, 0.15) is 11.5 Å². The van der Waals surface area contributed by atoms with Crippen LogP contribution in [0.3, 0.4) is 0 Å². The van der Waals surface area contributed by atoms with Gasteiger partial charge in [-0.3, -0.25) is 9.80 Å². The van der Waals surface area contributed by atoms with Gasteiger partial charge in [0, 0.05) is 43.9 Å². The van der Waals surface area contributed by atoms with Crippen LogP contribution in [-0.4, -0.2) is 47.2 Å². The fourth-order valence-electron chi connectivity index (χ4n) is 4.18. The zero-order valence-electron chi connectivity index (χ0n) is 19.1. The molecular formula is C28H24N5O2+. The Kier molecular flexibility index (Phi) is 6.54. The highest BCUT2D eigenvalue weighted by molar-refractivity contribution is 5.85. The molecule has 0 atom stereocenters. The highest BCUT2D eigenvalue weighted by Gasteiger charge is 2.26. The molecule has 2 amide bonds. The molecule has 1 aromatic heterocycles. The Morgan fingerprint density at radius 2 is 1.71 bits per heavy atom. The molecule has 1 fully saturated rings. The second kappa shape index (κ2) is 10.2. The summed E-state index contributed by atoms with van der Waals surface area (Å²) in [5, 5.41) is 15.7. The molecule has 0 bridgehead atoms. The Morgan fingerprint density at radius 1 is 0.943 bits per heavy atom. The van der Waals surface area contributed by atoms with Crippen molar-refractivity contribution in [1.82, 2.24) is 15.0 Å². The number of piperazine rings is 1. The number of nitriles is 1. The van der Waals surface area contributed by atoms with Gasteiger partial charge in [-0.25, -0.2) is 10.1 Å². The SMILES string of the molecule is N#Cc1ccccc1C#Cc1cccc(CN2CCN(C(=O)[NH2+]c3noc4ccccc34)CC2)c1. The lowest BCUT2D eigenvalue weighted by Crippen LogP contribution is -2.86. The van der Waals surface area contributed by atoms with Gasteiger partial charge in [0.2, 0.25) is 0 Å². The number of carbonyl (C=O) groups excluding carboxylic acids is 1. The average Bonchev–Trinajstić information content (AvgIpc) is 3.31. The Balaban J connectivity index is 1.17. The van der Waals surface area contributed by atoms with E-state index in [0.717, 1.165) is 36.1 Å². The summed E-state index contributed by atoms with van der Waals surface area (Å²) in [5.41, 5.74) is 4.08. The third kappa shape index (κ3) is 5.23. The quantitative estimate of drug-likeness (QED) is 0.472. The molecule has 35 heavy (non-hydrogen) atoms. The van der Waals surface area contributed by atoms with Gasteiger partial charge in [-0.1, -0.05) is 48.2 Å². The number of benzene rings is 3. The van der Waals surface area contributed by atoms with Crippen LogP contribution in [0.25, 0.3) is 11.0 Å². The maximum absolute atomic E-state index is 12.8. The molecule has 0 spiro atoms. The van der Waals surface area contributed by atoms with Crippen molar-refractivity contribution in [3.05, 3.63) is 95.1 Å². The van der Waals surface area contributed by atoms with E-state index >= 15 is 0 Å². The number of rotatable bonds is 3. The van der Waals surface area contributed by atoms with Crippen molar-refractivity contribution >= 4 is 22.8 Å². The number of hydrogen-bond donors (Lipinski definition) is 1. The number of nitrogens with two attached hydrogens (primary N) is 1. The fourth-order valence-corrected chi connectivity index (χ4v) is 4.18. The summed E-state index contributed by atoms with van der Waals surface area (Å²) in [4.78, 5) is 17.0. The third-order valence-electron chi connectivity index (χ3n) is 6.07. The zero-order valence-corrected chi connectivity index (χ0v) is 19.1. The van der Waals surface area contributed by atoms with Gasteiger partial charge in [-0.2, -0.15) is 5.26 Å². The van der Waals surface area contributed by atoms with E-state index in [1.54, 1.807) is 11.4 Å². The molecule has 7 nitrogen and oxygen atoms in total. The number of nitrogens with zero attached hydrogens (tertiary/aromatic N) is 4. The number of carbonyl (C=O) groups is 1. The number of urea groups is 1. The molecule has 4 aromatic rings. The van der Waals surface area contributed by atoms with Crippen molar-refractivity contribution in [1.29, 1.82) is 5.26 Å². The number of amides is 2. The molecule has 1 aliphatic rings. The van der Waals surface area contributed by atoms with Crippen LogP contribution in [-0.2, 0) is 6.54 Å². The lowest BCUT2D eigenvalue weighted by molar-refractivity contribution is -0.477. The number of aromatic nitrogens is 1. The van der Waals surface area contributed by atoms with Gasteiger partial charge >= 0.3 is 6.03 Å². The van der Waals surface area contributed by atoms with E-state index < -0.39 is 0 Å². The number of primary amides is 1. The first-order valence-electron chi connectivity index (χ1n) is 11.5. The van der Waals surface area contributed by atoms with Crippen molar-refractivity contribution in [2.45, 2.75) is 6.54 Å². The monoisotopic (exact) mass is 462 g/mol. The van der Waals surface area contributed by atoms with Crippen molar-refractivity contribution in [2.24, 2.45) is 0 Å². The summed E-state index contributed by atoms with van der Waals surface area (Å²) < 4.78 is 5.30. The summed E-state index contributed by atoms with van der Waals surface area (Å²) in [6.45, 7) is 3.71. The molecule has 1 saturated heterocycles. The van der Waals surface area contributed by atoms with Crippen molar-refractivity contribution in [3.8, 4) is 17.9 Å². The third-order valence-corrected chi connectivity index (χ3v) is 6.07. The van der Waals surface area contributed by atoms with Gasteiger partial charge < -0.3 is 4.52 Å². The Labute approximate surface area is 203 Å². The van der Waals surface area contributed by atoms with E-state index in [1.165, 1.54) is 5.56 Å². The molecule has 2 heterocycles. The predicted molar refractivity (Wildman–Crippen MR) is 131 cm³/mol. The minimum atomic E-state index is -0.0429. The minimum absolute atomic E-state index is 0.0429. The molecule has 0 unspecified atom stereocenters. The summed E-state index contributed by atoms with van der Waals surface area (Å²) in [7, 11) is 0. The second-order valence-electron chi connectivity index (χ2n) is 8.42. The number of hydrogen-bond acceptors (Lipinski definition) is 5. The maximum Gasteiger partial charge on any atom is 0.422 e. The average molecular weight is 463 g/mol. The lowest BCUT2D eigenvalue weighted by Gasteiger charge is -2.33. The molecule has 7 heteroatoms. The Bertz CT molecular complexity index is 1470. The first-order valence-corrected chi connectivity index (χ1v) is 11.5. The van der Waals surface area contributed by atoms with E-state index in [4.69, 9.17) is 4.52 Å². The van der Waals surface area contributed by atoms with Gasteiger partial charge in [0.05, 0.1) is 5.56 Å². The highest BCUT2D eigenvalue weighted by Crippen LogP contribution is 2.18. The summed E-state index contributed by atoms with van der Waals surface area (Å²) in [5.74, 6) is 6.86. The van der Waals surface area contributed by atoms with E-state index in [9.17, 15) is 10.1 Å². The molecule has 0 radical (unpaired) electrons. The van der Waals surface area contributed by atoms with Crippen molar-refractivity contribution < 1.29 is 14.6 Å². The van der Waals surface area contributed by atoms with E-state index in [-0.39, 0.29) is 6.03 Å². The number of quaternary nitrogens is 1. The minimum Gasteiger partial charge on any atom is -0.351 e.